The van der Waals surface area contributed by atoms with Gasteiger partial charge in [0.15, 0.2) is 11.5 Å². The molecular weight excluding hydrogens is 256 g/mol. The molecule has 1 aliphatic heterocycles. The summed E-state index contributed by atoms with van der Waals surface area (Å²) in [5, 5.41) is 2.87. The lowest BCUT2D eigenvalue weighted by Gasteiger charge is -2.12. The zero-order valence-electron chi connectivity index (χ0n) is 11.4. The van der Waals surface area contributed by atoms with Crippen LogP contribution in [0.4, 0.5) is 5.69 Å². The first-order valence-electron chi connectivity index (χ1n) is 7.17. The molecule has 1 saturated carbocycles. The van der Waals surface area contributed by atoms with E-state index in [1.54, 1.807) is 6.07 Å². The summed E-state index contributed by atoms with van der Waals surface area (Å²) < 4.78 is 11.2. The summed E-state index contributed by atoms with van der Waals surface area (Å²) >= 11 is 0. The van der Waals surface area contributed by atoms with Crippen LogP contribution in [0, 0.1) is 5.92 Å². The fraction of sp³-hybridized carbons (Fsp3) is 0.533. The SMILES string of the molecule is NC(CC(=O)Nc1ccc2c(c1)OCCCO2)C1CC1. The van der Waals surface area contributed by atoms with Gasteiger partial charge in [0, 0.05) is 30.6 Å². The maximum Gasteiger partial charge on any atom is 0.225 e. The van der Waals surface area contributed by atoms with Crippen LogP contribution in [0.15, 0.2) is 18.2 Å². The number of carbonyl (C=O) groups is 1. The van der Waals surface area contributed by atoms with E-state index >= 15 is 0 Å². The molecule has 1 heterocycles. The first-order valence-corrected chi connectivity index (χ1v) is 7.17. The van der Waals surface area contributed by atoms with Gasteiger partial charge in [-0.25, -0.2) is 0 Å². The van der Waals surface area contributed by atoms with Gasteiger partial charge in [-0.3, -0.25) is 4.79 Å². The Hall–Kier alpha value is -1.75. The van der Waals surface area contributed by atoms with Crippen LogP contribution >= 0.6 is 0 Å². The van der Waals surface area contributed by atoms with E-state index in [-0.39, 0.29) is 11.9 Å². The van der Waals surface area contributed by atoms with Crippen molar-refractivity contribution in [1.29, 1.82) is 0 Å². The van der Waals surface area contributed by atoms with Crippen LogP contribution < -0.4 is 20.5 Å². The van der Waals surface area contributed by atoms with Crippen molar-refractivity contribution in [2.24, 2.45) is 11.7 Å². The molecule has 108 valence electrons. The second-order valence-electron chi connectivity index (χ2n) is 5.47. The molecule has 0 aromatic heterocycles. The topological polar surface area (TPSA) is 73.6 Å². The van der Waals surface area contributed by atoms with Crippen molar-refractivity contribution in [3.8, 4) is 11.5 Å². The highest BCUT2D eigenvalue weighted by molar-refractivity contribution is 5.91. The summed E-state index contributed by atoms with van der Waals surface area (Å²) in [6, 6.07) is 5.45. The molecule has 3 rings (SSSR count). The molecule has 1 aliphatic carbocycles. The van der Waals surface area contributed by atoms with Gasteiger partial charge in [-0.05, 0) is 30.9 Å². The molecule has 0 saturated heterocycles. The highest BCUT2D eigenvalue weighted by Gasteiger charge is 2.29. The molecule has 0 spiro atoms. The van der Waals surface area contributed by atoms with E-state index in [1.165, 1.54) is 0 Å². The van der Waals surface area contributed by atoms with E-state index in [0.29, 0.717) is 31.3 Å². The summed E-state index contributed by atoms with van der Waals surface area (Å²) in [4.78, 5) is 11.9. The molecule has 1 aromatic carbocycles. The summed E-state index contributed by atoms with van der Waals surface area (Å²) in [5.41, 5.74) is 6.68. The molecule has 0 bridgehead atoms. The molecule has 20 heavy (non-hydrogen) atoms. The maximum absolute atomic E-state index is 11.9. The Bertz CT molecular complexity index is 500. The molecule has 0 radical (unpaired) electrons. The first kappa shape index (κ1) is 13.2. The van der Waals surface area contributed by atoms with E-state index < -0.39 is 0 Å². The normalized spacial score (nSPS) is 19.1. The molecule has 1 amide bonds. The molecule has 2 aliphatic rings. The second kappa shape index (κ2) is 5.71. The van der Waals surface area contributed by atoms with Gasteiger partial charge in [0.1, 0.15) is 0 Å². The van der Waals surface area contributed by atoms with Crippen molar-refractivity contribution in [1.82, 2.24) is 0 Å². The number of nitrogens with one attached hydrogen (secondary N) is 1. The van der Waals surface area contributed by atoms with Gasteiger partial charge in [0.25, 0.3) is 0 Å². The number of hydrogen-bond acceptors (Lipinski definition) is 4. The zero-order valence-corrected chi connectivity index (χ0v) is 11.4. The van der Waals surface area contributed by atoms with Gasteiger partial charge in [-0.2, -0.15) is 0 Å². The van der Waals surface area contributed by atoms with Crippen LogP contribution in [0.2, 0.25) is 0 Å². The van der Waals surface area contributed by atoms with Crippen LogP contribution in [-0.2, 0) is 4.79 Å². The number of anilines is 1. The van der Waals surface area contributed by atoms with Crippen molar-refractivity contribution >= 4 is 11.6 Å². The molecular formula is C15H20N2O3. The number of nitrogens with two attached hydrogens (primary N) is 1. The minimum atomic E-state index is -0.0427. The van der Waals surface area contributed by atoms with E-state index in [9.17, 15) is 4.79 Å². The first-order chi connectivity index (χ1) is 9.72. The molecule has 5 nitrogen and oxygen atoms in total. The van der Waals surface area contributed by atoms with Gasteiger partial charge in [-0.1, -0.05) is 0 Å². The van der Waals surface area contributed by atoms with Crippen molar-refractivity contribution in [3.63, 3.8) is 0 Å². The summed E-state index contributed by atoms with van der Waals surface area (Å²) in [6.45, 7) is 1.30. The minimum absolute atomic E-state index is 0.0181. The van der Waals surface area contributed by atoms with Crippen LogP contribution in [0.1, 0.15) is 25.7 Å². The number of ether oxygens (including phenoxy) is 2. The standard InChI is InChI=1S/C15H20N2O3/c16-12(10-2-3-10)9-15(18)17-11-4-5-13-14(8-11)20-7-1-6-19-13/h4-5,8,10,12H,1-3,6-7,9,16H2,(H,17,18). The minimum Gasteiger partial charge on any atom is -0.490 e. The van der Waals surface area contributed by atoms with Gasteiger partial charge in [-0.15, -0.1) is 0 Å². The highest BCUT2D eigenvalue weighted by Crippen LogP contribution is 2.34. The molecule has 1 atom stereocenters. The lowest BCUT2D eigenvalue weighted by Crippen LogP contribution is -2.28. The summed E-state index contributed by atoms with van der Waals surface area (Å²) in [7, 11) is 0. The fourth-order valence-electron chi connectivity index (χ4n) is 2.36. The van der Waals surface area contributed by atoms with E-state index in [2.05, 4.69) is 5.32 Å². The van der Waals surface area contributed by atoms with E-state index in [1.807, 2.05) is 12.1 Å². The molecule has 3 N–H and O–H groups in total. The third-order valence-corrected chi connectivity index (χ3v) is 3.68. The Morgan fingerprint density at radius 1 is 1.30 bits per heavy atom. The number of benzene rings is 1. The molecule has 1 aromatic rings. The highest BCUT2D eigenvalue weighted by atomic mass is 16.5. The average molecular weight is 276 g/mol. The second-order valence-corrected chi connectivity index (χ2v) is 5.47. The molecule has 1 fully saturated rings. The van der Waals surface area contributed by atoms with Gasteiger partial charge in [0.05, 0.1) is 13.2 Å². The lowest BCUT2D eigenvalue weighted by molar-refractivity contribution is -0.116. The van der Waals surface area contributed by atoms with Crippen LogP contribution in [0.25, 0.3) is 0 Å². The Kier molecular flexibility index (Phi) is 3.78. The van der Waals surface area contributed by atoms with Gasteiger partial charge >= 0.3 is 0 Å². The Labute approximate surface area is 118 Å². The Morgan fingerprint density at radius 2 is 2.05 bits per heavy atom. The third kappa shape index (κ3) is 3.22. The van der Waals surface area contributed by atoms with Gasteiger partial charge < -0.3 is 20.5 Å². The fourth-order valence-corrected chi connectivity index (χ4v) is 2.36. The summed E-state index contributed by atoms with van der Waals surface area (Å²) in [5.74, 6) is 1.91. The quantitative estimate of drug-likeness (QED) is 0.881. The molecule has 1 unspecified atom stereocenters. The van der Waals surface area contributed by atoms with Gasteiger partial charge in [0.2, 0.25) is 5.91 Å². The predicted molar refractivity (Wildman–Crippen MR) is 76.0 cm³/mol. The van der Waals surface area contributed by atoms with Crippen molar-refractivity contribution in [3.05, 3.63) is 18.2 Å². The van der Waals surface area contributed by atoms with Crippen molar-refractivity contribution in [2.45, 2.75) is 31.7 Å². The monoisotopic (exact) mass is 276 g/mol. The van der Waals surface area contributed by atoms with E-state index in [4.69, 9.17) is 15.2 Å². The number of amides is 1. The largest absolute Gasteiger partial charge is 0.490 e. The van der Waals surface area contributed by atoms with Crippen molar-refractivity contribution < 1.29 is 14.3 Å². The Morgan fingerprint density at radius 3 is 2.80 bits per heavy atom. The van der Waals surface area contributed by atoms with Crippen molar-refractivity contribution in [2.75, 3.05) is 18.5 Å². The summed E-state index contributed by atoms with van der Waals surface area (Å²) in [6.07, 6.45) is 3.54. The maximum atomic E-state index is 11.9. The lowest BCUT2D eigenvalue weighted by atomic mass is 10.1. The third-order valence-electron chi connectivity index (χ3n) is 3.68. The number of carbonyl (C=O) groups excluding carboxylic acids is 1. The van der Waals surface area contributed by atoms with E-state index in [0.717, 1.165) is 30.7 Å². The van der Waals surface area contributed by atoms with Crippen LogP contribution in [0.3, 0.4) is 0 Å². The van der Waals surface area contributed by atoms with Crippen LogP contribution in [-0.4, -0.2) is 25.2 Å². The molecule has 5 heteroatoms. The predicted octanol–water partition coefficient (Wildman–Crippen LogP) is 1.91. The smallest absolute Gasteiger partial charge is 0.225 e. The Balaban J connectivity index is 1.62. The number of rotatable bonds is 4. The average Bonchev–Trinajstić information content (AvgIpc) is 3.25. The number of hydrogen-bond donors (Lipinski definition) is 2. The number of fused-ring (bicyclic) bond motifs is 1. The van der Waals surface area contributed by atoms with Crippen LogP contribution in [0.5, 0.6) is 11.5 Å². The zero-order chi connectivity index (χ0) is 13.9.